The molecular weight excluding hydrogens is 514 g/mol. The number of benzene rings is 3. The van der Waals surface area contributed by atoms with Crippen LogP contribution in [0.5, 0.6) is 17.2 Å². The topological polar surface area (TPSA) is 104 Å². The van der Waals surface area contributed by atoms with Gasteiger partial charge >= 0.3 is 12.1 Å². The Bertz CT molecular complexity index is 1170. The molecule has 0 bridgehead atoms. The van der Waals surface area contributed by atoms with E-state index in [0.717, 1.165) is 11.1 Å². The number of nitrogens with zero attached hydrogens (tertiary/aromatic N) is 1. The van der Waals surface area contributed by atoms with E-state index in [-0.39, 0.29) is 13.0 Å². The van der Waals surface area contributed by atoms with E-state index in [0.29, 0.717) is 56.6 Å². The van der Waals surface area contributed by atoms with Gasteiger partial charge in [0.15, 0.2) is 6.10 Å². The Balaban J connectivity index is 1.52. The first-order valence-electron chi connectivity index (χ1n) is 13.3. The molecule has 3 aromatic rings. The van der Waals surface area contributed by atoms with Crippen LogP contribution in [0.15, 0.2) is 78.9 Å². The third-order valence-corrected chi connectivity index (χ3v) is 5.95. The lowest BCUT2D eigenvalue weighted by atomic mass is 10.1. The third-order valence-electron chi connectivity index (χ3n) is 5.95. The highest BCUT2D eigenvalue weighted by atomic mass is 16.6. The molecule has 0 aliphatic carbocycles. The molecule has 9 heteroatoms. The second-order valence-electron chi connectivity index (χ2n) is 8.90. The summed E-state index contributed by atoms with van der Waals surface area (Å²) in [5, 5.41) is 9.29. The maximum Gasteiger partial charge on any atom is 0.415 e. The van der Waals surface area contributed by atoms with Gasteiger partial charge in [-0.2, -0.15) is 0 Å². The lowest BCUT2D eigenvalue weighted by Crippen LogP contribution is -2.38. The normalized spacial score (nSPS) is 11.4. The molecule has 3 aromatic carbocycles. The van der Waals surface area contributed by atoms with Crippen molar-refractivity contribution in [3.63, 3.8) is 0 Å². The van der Waals surface area contributed by atoms with E-state index >= 15 is 0 Å². The summed E-state index contributed by atoms with van der Waals surface area (Å²) in [6.45, 7) is 4.05. The lowest BCUT2D eigenvalue weighted by molar-refractivity contribution is -0.149. The van der Waals surface area contributed by atoms with Crippen molar-refractivity contribution in [3.8, 4) is 17.2 Å². The molecule has 0 saturated heterocycles. The number of carbonyl (C=O) groups is 2. The Labute approximate surface area is 235 Å². The summed E-state index contributed by atoms with van der Waals surface area (Å²) in [6.07, 6.45) is -0.498. The van der Waals surface area contributed by atoms with E-state index < -0.39 is 18.2 Å². The summed E-state index contributed by atoms with van der Waals surface area (Å²) in [5.74, 6) is 0.597. The van der Waals surface area contributed by atoms with Gasteiger partial charge in [-0.3, -0.25) is 0 Å². The second kappa shape index (κ2) is 16.8. The zero-order chi connectivity index (χ0) is 28.6. The van der Waals surface area contributed by atoms with Crippen LogP contribution in [0.2, 0.25) is 0 Å². The van der Waals surface area contributed by atoms with E-state index in [1.54, 1.807) is 55.3 Å². The van der Waals surface area contributed by atoms with Gasteiger partial charge in [-0.1, -0.05) is 48.5 Å². The van der Waals surface area contributed by atoms with Crippen LogP contribution >= 0.6 is 0 Å². The van der Waals surface area contributed by atoms with Gasteiger partial charge < -0.3 is 33.7 Å². The van der Waals surface area contributed by atoms with Crippen molar-refractivity contribution >= 4 is 12.1 Å². The quantitative estimate of drug-likeness (QED) is 0.228. The molecule has 0 aromatic heterocycles. The number of rotatable bonds is 17. The van der Waals surface area contributed by atoms with Gasteiger partial charge in [0, 0.05) is 32.2 Å². The molecule has 0 saturated carbocycles. The average molecular weight is 552 g/mol. The molecule has 1 N–H and O–H groups in total. The van der Waals surface area contributed by atoms with Crippen molar-refractivity contribution in [2.45, 2.75) is 32.5 Å². The van der Waals surface area contributed by atoms with Crippen molar-refractivity contribution in [2.24, 2.45) is 0 Å². The Morgan fingerprint density at radius 2 is 1.60 bits per heavy atom. The number of carboxylic acids is 1. The van der Waals surface area contributed by atoms with E-state index in [1.165, 1.54) is 0 Å². The van der Waals surface area contributed by atoms with E-state index in [9.17, 15) is 14.7 Å². The highest BCUT2D eigenvalue weighted by Gasteiger charge is 2.18. The van der Waals surface area contributed by atoms with E-state index in [2.05, 4.69) is 0 Å². The van der Waals surface area contributed by atoms with Crippen molar-refractivity contribution in [1.29, 1.82) is 0 Å². The molecule has 1 unspecified atom stereocenters. The average Bonchev–Trinajstić information content (AvgIpc) is 2.97. The molecule has 0 aliphatic heterocycles. The van der Waals surface area contributed by atoms with Crippen molar-refractivity contribution < 1.29 is 38.4 Å². The summed E-state index contributed by atoms with van der Waals surface area (Å²) in [7, 11) is 1.55. The zero-order valence-corrected chi connectivity index (χ0v) is 23.0. The van der Waals surface area contributed by atoms with Gasteiger partial charge in [-0.15, -0.1) is 0 Å². The minimum absolute atomic E-state index is 0.244. The highest BCUT2D eigenvalue weighted by molar-refractivity contribution is 5.72. The third kappa shape index (κ3) is 10.6. The van der Waals surface area contributed by atoms with Gasteiger partial charge in [0.1, 0.15) is 23.9 Å². The van der Waals surface area contributed by atoms with Crippen LogP contribution in [-0.4, -0.2) is 68.2 Å². The number of hydrogen-bond donors (Lipinski definition) is 1. The monoisotopic (exact) mass is 551 g/mol. The SMILES string of the molecule is CCOC(Cc1ccc(OCCN(CCCOCc2ccccc2)C(=O)Oc2cccc(OC)c2)cc1)C(=O)O. The molecule has 0 fully saturated rings. The Morgan fingerprint density at radius 1 is 0.850 bits per heavy atom. The molecule has 0 spiro atoms. The highest BCUT2D eigenvalue weighted by Crippen LogP contribution is 2.20. The second-order valence-corrected chi connectivity index (χ2v) is 8.90. The molecule has 1 atom stereocenters. The van der Waals surface area contributed by atoms with Gasteiger partial charge in [-0.25, -0.2) is 9.59 Å². The fraction of sp³-hybridized carbons (Fsp3) is 0.355. The van der Waals surface area contributed by atoms with Gasteiger partial charge in [0.2, 0.25) is 0 Å². The summed E-state index contributed by atoms with van der Waals surface area (Å²) in [6, 6.07) is 23.9. The van der Waals surface area contributed by atoms with Crippen LogP contribution in [0.25, 0.3) is 0 Å². The van der Waals surface area contributed by atoms with Crippen molar-refractivity contribution in [3.05, 3.63) is 90.0 Å². The molecule has 9 nitrogen and oxygen atoms in total. The molecule has 40 heavy (non-hydrogen) atoms. The summed E-state index contributed by atoms with van der Waals surface area (Å²) >= 11 is 0. The van der Waals surface area contributed by atoms with E-state index in [4.69, 9.17) is 23.7 Å². The fourth-order valence-electron chi connectivity index (χ4n) is 3.87. The predicted molar refractivity (Wildman–Crippen MR) is 150 cm³/mol. The number of methoxy groups -OCH3 is 1. The number of aliphatic carboxylic acids is 1. The predicted octanol–water partition coefficient (Wildman–Crippen LogP) is 5.21. The lowest BCUT2D eigenvalue weighted by Gasteiger charge is -2.22. The Morgan fingerprint density at radius 3 is 2.30 bits per heavy atom. The molecule has 1 amide bonds. The summed E-state index contributed by atoms with van der Waals surface area (Å²) in [5.41, 5.74) is 1.92. The van der Waals surface area contributed by atoms with Crippen molar-refractivity contribution in [2.75, 3.05) is 40.0 Å². The largest absolute Gasteiger partial charge is 0.497 e. The maximum atomic E-state index is 13.0. The minimum atomic E-state index is -0.992. The van der Waals surface area contributed by atoms with Gasteiger partial charge in [-0.05, 0) is 48.7 Å². The number of ether oxygens (including phenoxy) is 5. The first kappa shape index (κ1) is 30.5. The first-order valence-corrected chi connectivity index (χ1v) is 13.3. The standard InChI is InChI=1S/C31H37NO8/c1-3-38-29(30(33)34)21-24-13-15-26(16-14-24)39-20-18-32(17-8-19-37-23-25-9-5-4-6-10-25)31(35)40-28-12-7-11-27(22-28)36-2/h4-7,9-16,22,29H,3,8,17-21,23H2,1-2H3,(H,33,34). The molecular formula is C31H37NO8. The number of hydrogen-bond acceptors (Lipinski definition) is 7. The Kier molecular flexibility index (Phi) is 12.8. The summed E-state index contributed by atoms with van der Waals surface area (Å²) in [4.78, 5) is 25.9. The maximum absolute atomic E-state index is 13.0. The van der Waals surface area contributed by atoms with Crippen LogP contribution in [0, 0.1) is 0 Å². The van der Waals surface area contributed by atoms with Crippen LogP contribution < -0.4 is 14.2 Å². The number of carboxylic acid groups (broad SMARTS) is 1. The smallest absolute Gasteiger partial charge is 0.415 e. The van der Waals surface area contributed by atoms with Crippen LogP contribution in [-0.2, 0) is 27.3 Å². The number of amides is 1. The van der Waals surface area contributed by atoms with Gasteiger partial charge in [0.25, 0.3) is 0 Å². The molecule has 0 radical (unpaired) electrons. The molecule has 0 heterocycles. The first-order chi connectivity index (χ1) is 19.5. The van der Waals surface area contributed by atoms with Crippen molar-refractivity contribution in [1.82, 2.24) is 4.90 Å². The molecule has 3 rings (SSSR count). The van der Waals surface area contributed by atoms with E-state index in [1.807, 2.05) is 42.5 Å². The van der Waals surface area contributed by atoms with Crippen LogP contribution in [0.4, 0.5) is 4.79 Å². The zero-order valence-electron chi connectivity index (χ0n) is 23.0. The fourth-order valence-corrected chi connectivity index (χ4v) is 3.87. The summed E-state index contributed by atoms with van der Waals surface area (Å²) < 4.78 is 27.7. The molecule has 0 aliphatic rings. The van der Waals surface area contributed by atoms with Crippen LogP contribution in [0.3, 0.4) is 0 Å². The number of carbonyl (C=O) groups excluding carboxylic acids is 1. The van der Waals surface area contributed by atoms with Gasteiger partial charge in [0.05, 0.1) is 20.3 Å². The van der Waals surface area contributed by atoms with Crippen LogP contribution in [0.1, 0.15) is 24.5 Å². The Hall–Kier alpha value is -4.08. The molecule has 214 valence electrons. The minimum Gasteiger partial charge on any atom is -0.497 e.